The second-order valence-corrected chi connectivity index (χ2v) is 6.52. The van der Waals surface area contributed by atoms with Crippen LogP contribution in [0.1, 0.15) is 6.42 Å². The molecule has 2 aliphatic heterocycles. The second-order valence-electron chi connectivity index (χ2n) is 5.29. The second kappa shape index (κ2) is 6.07. The first-order valence-corrected chi connectivity index (χ1v) is 8.29. The van der Waals surface area contributed by atoms with Gasteiger partial charge in [0.2, 0.25) is 5.91 Å². The van der Waals surface area contributed by atoms with Gasteiger partial charge in [-0.15, -0.1) is 0 Å². The van der Waals surface area contributed by atoms with Crippen LogP contribution in [0.3, 0.4) is 0 Å². The number of nitrogens with one attached hydrogen (secondary N) is 1. The van der Waals surface area contributed by atoms with Crippen molar-refractivity contribution in [2.24, 2.45) is 0 Å². The average molecular weight is 307 g/mol. The van der Waals surface area contributed by atoms with Gasteiger partial charge in [-0.2, -0.15) is 11.8 Å². The van der Waals surface area contributed by atoms with Gasteiger partial charge >= 0.3 is 0 Å². The van der Waals surface area contributed by atoms with E-state index in [1.165, 1.54) is 9.80 Å². The van der Waals surface area contributed by atoms with Gasteiger partial charge in [-0.3, -0.25) is 9.59 Å². The summed E-state index contributed by atoms with van der Waals surface area (Å²) in [6, 6.07) is 6.86. The highest BCUT2D eigenvalue weighted by atomic mass is 32.2. The first-order chi connectivity index (χ1) is 10.2. The Morgan fingerprint density at radius 2 is 1.86 bits per heavy atom. The number of amides is 2. The van der Waals surface area contributed by atoms with Crippen LogP contribution in [0.5, 0.6) is 5.75 Å². The summed E-state index contributed by atoms with van der Waals surface area (Å²) >= 11 is 1.92. The molecule has 21 heavy (non-hydrogen) atoms. The van der Waals surface area contributed by atoms with E-state index in [0.29, 0.717) is 17.9 Å². The van der Waals surface area contributed by atoms with Crippen molar-refractivity contribution < 1.29 is 19.2 Å². The Bertz CT molecular complexity index is 540. The van der Waals surface area contributed by atoms with Crippen LogP contribution in [0.2, 0.25) is 0 Å². The number of ether oxygens (including phenoxy) is 1. The molecule has 1 aromatic rings. The molecular formula is C15H19N2O3S+. The number of rotatable bonds is 3. The number of imide groups is 1. The minimum absolute atomic E-state index is 0.0629. The van der Waals surface area contributed by atoms with Crippen LogP contribution in [0.25, 0.3) is 0 Å². The highest BCUT2D eigenvalue weighted by molar-refractivity contribution is 7.99. The molecular weight excluding hydrogens is 288 g/mol. The molecule has 0 unspecified atom stereocenters. The first-order valence-electron chi connectivity index (χ1n) is 7.14. The summed E-state index contributed by atoms with van der Waals surface area (Å²) in [5.41, 5.74) is 0.638. The smallest absolute Gasteiger partial charge is 0.292 e. The summed E-state index contributed by atoms with van der Waals surface area (Å²) < 4.78 is 5.11. The van der Waals surface area contributed by atoms with Crippen LogP contribution in [-0.2, 0) is 9.59 Å². The van der Waals surface area contributed by atoms with Crippen molar-refractivity contribution in [3.05, 3.63) is 24.3 Å². The topological polar surface area (TPSA) is 51.0 Å². The quantitative estimate of drug-likeness (QED) is 0.796. The van der Waals surface area contributed by atoms with E-state index < -0.39 is 0 Å². The van der Waals surface area contributed by atoms with Crippen molar-refractivity contribution >= 4 is 29.3 Å². The molecule has 2 heterocycles. The van der Waals surface area contributed by atoms with Crippen LogP contribution in [0.4, 0.5) is 5.69 Å². The molecule has 2 amide bonds. The summed E-state index contributed by atoms with van der Waals surface area (Å²) in [7, 11) is 1.59. The predicted molar refractivity (Wildman–Crippen MR) is 81.9 cm³/mol. The highest BCUT2D eigenvalue weighted by Crippen LogP contribution is 2.24. The van der Waals surface area contributed by atoms with Crippen molar-refractivity contribution in [1.82, 2.24) is 0 Å². The van der Waals surface area contributed by atoms with Gasteiger partial charge in [0.25, 0.3) is 5.91 Å². The lowest BCUT2D eigenvalue weighted by atomic mass is 10.2. The molecule has 0 aliphatic carbocycles. The number of nitrogens with zero attached hydrogens (tertiary/aromatic N) is 1. The molecule has 2 saturated heterocycles. The molecule has 0 aromatic heterocycles. The van der Waals surface area contributed by atoms with Gasteiger partial charge in [-0.25, -0.2) is 4.90 Å². The number of methoxy groups -OCH3 is 1. The zero-order valence-corrected chi connectivity index (χ0v) is 12.8. The summed E-state index contributed by atoms with van der Waals surface area (Å²) in [6.07, 6.45) is 0.324. The summed E-state index contributed by atoms with van der Waals surface area (Å²) in [5.74, 6) is 2.69. The van der Waals surface area contributed by atoms with Gasteiger partial charge in [-0.1, -0.05) is 0 Å². The van der Waals surface area contributed by atoms with E-state index in [1.807, 2.05) is 11.8 Å². The van der Waals surface area contributed by atoms with Gasteiger partial charge < -0.3 is 9.64 Å². The van der Waals surface area contributed by atoms with Gasteiger partial charge in [0.05, 0.1) is 32.3 Å². The van der Waals surface area contributed by atoms with Crippen LogP contribution in [0, 0.1) is 0 Å². The van der Waals surface area contributed by atoms with E-state index in [9.17, 15) is 9.59 Å². The molecule has 0 bridgehead atoms. The molecule has 0 radical (unpaired) electrons. The van der Waals surface area contributed by atoms with Gasteiger partial charge in [0, 0.05) is 11.5 Å². The molecule has 1 aromatic carbocycles. The standard InChI is InChI=1S/C15H18N2O3S/c1-20-12-4-2-11(3-5-12)17-14(18)10-13(15(17)19)16-6-8-21-9-7-16/h2-5,13H,6-10H2,1H3/p+1/t13-/m0/s1. The Kier molecular flexibility index (Phi) is 4.17. The van der Waals surface area contributed by atoms with Crippen molar-refractivity contribution in [3.63, 3.8) is 0 Å². The van der Waals surface area contributed by atoms with E-state index in [4.69, 9.17) is 4.74 Å². The normalized spacial score (nSPS) is 23.7. The molecule has 0 saturated carbocycles. The lowest BCUT2D eigenvalue weighted by Gasteiger charge is -2.27. The number of benzene rings is 1. The number of hydrogen-bond acceptors (Lipinski definition) is 4. The van der Waals surface area contributed by atoms with Crippen LogP contribution >= 0.6 is 11.8 Å². The Morgan fingerprint density at radius 3 is 2.48 bits per heavy atom. The Hall–Kier alpha value is -1.53. The first kappa shape index (κ1) is 14.4. The van der Waals surface area contributed by atoms with Crippen molar-refractivity contribution in [3.8, 4) is 5.75 Å². The lowest BCUT2D eigenvalue weighted by Crippen LogP contribution is -3.18. The number of thioether (sulfide) groups is 1. The van der Waals surface area contributed by atoms with E-state index in [1.54, 1.807) is 31.4 Å². The molecule has 6 heteroatoms. The Morgan fingerprint density at radius 1 is 1.19 bits per heavy atom. The molecule has 2 fully saturated rings. The summed E-state index contributed by atoms with van der Waals surface area (Å²) in [5, 5.41) is 0. The SMILES string of the molecule is COc1ccc(N2C(=O)C[C@H]([NH+]3CCSCC3)C2=O)cc1. The third-order valence-corrected chi connectivity index (χ3v) is 5.09. The predicted octanol–water partition coefficient (Wildman–Crippen LogP) is -0.0412. The molecule has 0 spiro atoms. The molecule has 3 rings (SSSR count). The summed E-state index contributed by atoms with van der Waals surface area (Å²) in [6.45, 7) is 1.93. The zero-order valence-electron chi connectivity index (χ0n) is 12.0. The molecule has 1 N–H and O–H groups in total. The monoisotopic (exact) mass is 307 g/mol. The van der Waals surface area contributed by atoms with Gasteiger partial charge in [0.1, 0.15) is 5.75 Å². The minimum atomic E-state index is -0.208. The van der Waals surface area contributed by atoms with Crippen LogP contribution < -0.4 is 14.5 Å². The summed E-state index contributed by atoms with van der Waals surface area (Å²) in [4.78, 5) is 27.4. The maximum atomic E-state index is 12.6. The third kappa shape index (κ3) is 2.78. The van der Waals surface area contributed by atoms with Crippen LogP contribution in [-0.4, -0.2) is 49.6 Å². The number of carbonyl (C=O) groups excluding carboxylic acids is 2. The van der Waals surface area contributed by atoms with E-state index in [2.05, 4.69) is 0 Å². The molecule has 5 nitrogen and oxygen atoms in total. The van der Waals surface area contributed by atoms with E-state index in [-0.39, 0.29) is 17.9 Å². The molecule has 2 aliphatic rings. The third-order valence-electron chi connectivity index (χ3n) is 4.11. The van der Waals surface area contributed by atoms with E-state index in [0.717, 1.165) is 24.6 Å². The van der Waals surface area contributed by atoms with Gasteiger partial charge in [-0.05, 0) is 24.3 Å². The van der Waals surface area contributed by atoms with Crippen molar-refractivity contribution in [1.29, 1.82) is 0 Å². The number of anilines is 1. The Balaban J connectivity index is 1.79. The zero-order chi connectivity index (χ0) is 14.8. The fraction of sp³-hybridized carbons (Fsp3) is 0.467. The molecule has 1 atom stereocenters. The fourth-order valence-corrected chi connectivity index (χ4v) is 3.95. The van der Waals surface area contributed by atoms with Crippen molar-refractivity contribution in [2.45, 2.75) is 12.5 Å². The fourth-order valence-electron chi connectivity index (χ4n) is 2.94. The maximum absolute atomic E-state index is 12.6. The lowest BCUT2D eigenvalue weighted by molar-refractivity contribution is -0.911. The number of quaternary nitrogens is 1. The average Bonchev–Trinajstić information content (AvgIpc) is 2.83. The molecule has 112 valence electrons. The highest BCUT2D eigenvalue weighted by Gasteiger charge is 2.45. The maximum Gasteiger partial charge on any atom is 0.292 e. The minimum Gasteiger partial charge on any atom is -0.497 e. The number of carbonyl (C=O) groups is 2. The van der Waals surface area contributed by atoms with E-state index >= 15 is 0 Å². The van der Waals surface area contributed by atoms with Crippen molar-refractivity contribution in [2.75, 3.05) is 36.6 Å². The number of hydrogen-bond donors (Lipinski definition) is 1. The Labute approximate surface area is 128 Å². The largest absolute Gasteiger partial charge is 0.497 e. The van der Waals surface area contributed by atoms with Gasteiger partial charge in [0.15, 0.2) is 6.04 Å². The van der Waals surface area contributed by atoms with Crippen LogP contribution in [0.15, 0.2) is 24.3 Å².